The molecule has 5 rings (SSSR count). The number of nitrogens with zero attached hydrogens (tertiary/aromatic N) is 5. The molecule has 0 bridgehead atoms. The van der Waals surface area contributed by atoms with Crippen LogP contribution >= 0.6 is 0 Å². The minimum atomic E-state index is -0.641. The van der Waals surface area contributed by atoms with E-state index in [4.69, 9.17) is 9.84 Å². The Kier molecular flexibility index (Phi) is 5.09. The fourth-order valence-corrected chi connectivity index (χ4v) is 4.84. The molecule has 1 fully saturated rings. The van der Waals surface area contributed by atoms with Gasteiger partial charge in [0.2, 0.25) is 0 Å². The molecular weight excluding hydrogens is 420 g/mol. The average Bonchev–Trinajstić information content (AvgIpc) is 3.03. The minimum absolute atomic E-state index is 0.148. The molecule has 3 heterocycles. The Morgan fingerprint density at radius 3 is 2.58 bits per heavy atom. The second-order valence-corrected chi connectivity index (χ2v) is 9.94. The van der Waals surface area contributed by atoms with Crippen LogP contribution in [0.25, 0.3) is 11.2 Å². The van der Waals surface area contributed by atoms with E-state index < -0.39 is 23.6 Å². The molecule has 2 amide bonds. The maximum absolute atomic E-state index is 13.0. The van der Waals surface area contributed by atoms with Crippen molar-refractivity contribution in [1.82, 2.24) is 20.0 Å². The molecule has 9 nitrogen and oxygen atoms in total. The molecule has 1 atom stereocenters. The molecule has 33 heavy (non-hydrogen) atoms. The molecule has 0 saturated heterocycles. The lowest BCUT2D eigenvalue weighted by atomic mass is 9.80. The van der Waals surface area contributed by atoms with Gasteiger partial charge in [-0.2, -0.15) is 9.89 Å². The highest BCUT2D eigenvalue weighted by Gasteiger charge is 2.45. The summed E-state index contributed by atoms with van der Waals surface area (Å²) in [5, 5.41) is 7.46. The van der Waals surface area contributed by atoms with Crippen molar-refractivity contribution in [2.75, 3.05) is 13.1 Å². The summed E-state index contributed by atoms with van der Waals surface area (Å²) in [5.74, 6) is 0.110. The number of hydrogen-bond acceptors (Lipinski definition) is 4. The molecule has 1 N–H and O–H groups in total. The van der Waals surface area contributed by atoms with Gasteiger partial charge in [-0.15, -0.1) is 0 Å². The van der Waals surface area contributed by atoms with E-state index in [1.165, 1.54) is 24.8 Å². The molecule has 2 aliphatic heterocycles. The van der Waals surface area contributed by atoms with Crippen LogP contribution in [0.1, 0.15) is 74.5 Å². The van der Waals surface area contributed by atoms with Gasteiger partial charge in [0.15, 0.2) is 5.69 Å². The number of aromatic nitrogens is 2. The summed E-state index contributed by atoms with van der Waals surface area (Å²) in [6, 6.07) is 7.90. The number of amides is 2. The lowest BCUT2D eigenvalue weighted by molar-refractivity contribution is -0.119. The summed E-state index contributed by atoms with van der Waals surface area (Å²) < 4.78 is 7.44. The number of benzene rings is 1. The Hall–Kier alpha value is -3.45. The number of rotatable bonds is 2. The molecule has 1 unspecified atom stereocenters. The van der Waals surface area contributed by atoms with E-state index in [2.05, 4.69) is 22.2 Å². The zero-order valence-corrected chi connectivity index (χ0v) is 19.2. The highest BCUT2D eigenvalue weighted by atomic mass is 16.6. The molecule has 0 spiro atoms. The lowest BCUT2D eigenvalue weighted by Crippen LogP contribution is -2.46. The van der Waals surface area contributed by atoms with Gasteiger partial charge in [0.25, 0.3) is 0 Å². The second kappa shape index (κ2) is 7.85. The minimum Gasteiger partial charge on any atom is -0.444 e. The quantitative estimate of drug-likeness (QED) is 0.562. The largest absolute Gasteiger partial charge is 0.444 e. The van der Waals surface area contributed by atoms with Crippen LogP contribution in [0.4, 0.5) is 4.79 Å². The molecule has 1 saturated carbocycles. The molecule has 9 heteroatoms. The van der Waals surface area contributed by atoms with Gasteiger partial charge in [-0.25, -0.2) is 9.48 Å². The van der Waals surface area contributed by atoms with Crippen molar-refractivity contribution in [3.05, 3.63) is 52.3 Å². The molecule has 3 aliphatic rings. The van der Waals surface area contributed by atoms with Gasteiger partial charge < -0.3 is 15.6 Å². The van der Waals surface area contributed by atoms with Crippen molar-refractivity contribution >= 4 is 17.7 Å². The van der Waals surface area contributed by atoms with Crippen molar-refractivity contribution < 1.29 is 19.1 Å². The predicted octanol–water partition coefficient (Wildman–Crippen LogP) is 3.12. The standard InChI is InChI=1S/C24H28N6O3/c1-24(2,3)33-23(32)29-12-11-17-19-18(29)13-26-22(31)21(27-25)20(19)28-30(17)16-9-7-15(8-10-16)14-5-4-6-14/h7-10,14,18H,4-6,11-13H2,1-3H3,(H,26,31). The van der Waals surface area contributed by atoms with Gasteiger partial charge >= 0.3 is 17.7 Å². The molecule has 172 valence electrons. The van der Waals surface area contributed by atoms with Crippen LogP contribution in [-0.4, -0.2) is 55.9 Å². The van der Waals surface area contributed by atoms with Gasteiger partial charge in [-0.3, -0.25) is 9.69 Å². The van der Waals surface area contributed by atoms with E-state index in [-0.39, 0.29) is 12.3 Å². The Balaban J connectivity index is 1.58. The number of carbonyl (C=O) groups is 2. The normalized spacial score (nSPS) is 20.3. The van der Waals surface area contributed by atoms with Gasteiger partial charge in [0.05, 0.1) is 17.4 Å². The first kappa shape index (κ1) is 21.4. The van der Waals surface area contributed by atoms with Crippen LogP contribution < -0.4 is 5.32 Å². The van der Waals surface area contributed by atoms with Crippen LogP contribution in [0.2, 0.25) is 0 Å². The van der Waals surface area contributed by atoms with Crippen molar-refractivity contribution in [2.45, 2.75) is 64.0 Å². The van der Waals surface area contributed by atoms with E-state index in [1.54, 1.807) is 4.90 Å². The SMILES string of the molecule is CC(C)(C)OC(=O)N1CCc2c3c(nn2-c2ccc(C4CCC4)cc2)C(=[N+]=[N-])C(=O)NCC31. The van der Waals surface area contributed by atoms with Crippen molar-refractivity contribution in [3.8, 4) is 5.69 Å². The average molecular weight is 449 g/mol. The summed E-state index contributed by atoms with van der Waals surface area (Å²) in [6.07, 6.45) is 3.83. The highest BCUT2D eigenvalue weighted by molar-refractivity contribution is 6.43. The van der Waals surface area contributed by atoms with Crippen LogP contribution in [0, 0.1) is 0 Å². The number of carbonyl (C=O) groups excluding carboxylic acids is 2. The maximum Gasteiger partial charge on any atom is 0.410 e. The topological polar surface area (TPSA) is 113 Å². The van der Waals surface area contributed by atoms with Gasteiger partial charge in [-0.05, 0) is 57.2 Å². The summed E-state index contributed by atoms with van der Waals surface area (Å²) in [7, 11) is 0. The van der Waals surface area contributed by atoms with Crippen molar-refractivity contribution in [2.24, 2.45) is 0 Å². The third-order valence-corrected chi connectivity index (χ3v) is 6.66. The van der Waals surface area contributed by atoms with E-state index in [9.17, 15) is 15.1 Å². The summed E-state index contributed by atoms with van der Waals surface area (Å²) >= 11 is 0. The number of hydrogen-bond donors (Lipinski definition) is 1. The fraction of sp³-hybridized carbons (Fsp3) is 0.500. The Bertz CT molecular complexity index is 1170. The first-order chi connectivity index (χ1) is 15.8. The summed E-state index contributed by atoms with van der Waals surface area (Å²) in [5.41, 5.74) is 13.0. The van der Waals surface area contributed by atoms with Crippen LogP contribution in [0.3, 0.4) is 0 Å². The fourth-order valence-electron chi connectivity index (χ4n) is 4.84. The third-order valence-electron chi connectivity index (χ3n) is 6.66. The van der Waals surface area contributed by atoms with E-state index in [0.29, 0.717) is 24.6 Å². The second-order valence-electron chi connectivity index (χ2n) is 9.94. The van der Waals surface area contributed by atoms with Crippen molar-refractivity contribution in [3.63, 3.8) is 0 Å². The first-order valence-corrected chi connectivity index (χ1v) is 11.5. The Labute approximate surface area is 192 Å². The highest BCUT2D eigenvalue weighted by Crippen LogP contribution is 2.38. The molecule has 1 aromatic heterocycles. The molecule has 2 aromatic rings. The Morgan fingerprint density at radius 2 is 1.97 bits per heavy atom. The smallest absolute Gasteiger partial charge is 0.410 e. The maximum atomic E-state index is 13.0. The Morgan fingerprint density at radius 1 is 1.24 bits per heavy atom. The van der Waals surface area contributed by atoms with E-state index >= 15 is 0 Å². The predicted molar refractivity (Wildman–Crippen MR) is 120 cm³/mol. The van der Waals surface area contributed by atoms with Gasteiger partial charge in [0.1, 0.15) is 5.60 Å². The third kappa shape index (κ3) is 3.72. The molecule has 1 aliphatic carbocycles. The van der Waals surface area contributed by atoms with Crippen LogP contribution in [0.5, 0.6) is 0 Å². The molecular formula is C24H28N6O3. The van der Waals surface area contributed by atoms with Crippen LogP contribution in [0.15, 0.2) is 24.3 Å². The molecule has 0 radical (unpaired) electrons. The van der Waals surface area contributed by atoms with E-state index in [1.807, 2.05) is 37.6 Å². The molecule has 1 aromatic carbocycles. The zero-order chi connectivity index (χ0) is 23.3. The van der Waals surface area contributed by atoms with Crippen LogP contribution in [-0.2, 0) is 16.0 Å². The zero-order valence-electron chi connectivity index (χ0n) is 19.2. The monoisotopic (exact) mass is 448 g/mol. The van der Waals surface area contributed by atoms with E-state index in [0.717, 1.165) is 16.9 Å². The van der Waals surface area contributed by atoms with Gasteiger partial charge in [0, 0.05) is 25.1 Å². The summed E-state index contributed by atoms with van der Waals surface area (Å²) in [4.78, 5) is 30.5. The van der Waals surface area contributed by atoms with Gasteiger partial charge in [-0.1, -0.05) is 18.6 Å². The lowest BCUT2D eigenvalue weighted by Gasteiger charge is -2.36. The number of nitrogens with one attached hydrogen (secondary N) is 1. The first-order valence-electron chi connectivity index (χ1n) is 11.5. The van der Waals surface area contributed by atoms with Crippen molar-refractivity contribution in [1.29, 1.82) is 0 Å². The number of ether oxygens (including phenoxy) is 1. The summed E-state index contributed by atoms with van der Waals surface area (Å²) in [6.45, 7) is 6.08.